The number of nitrogens with one attached hydrogen (secondary N) is 2. The summed E-state index contributed by atoms with van der Waals surface area (Å²) in [7, 11) is 0. The third-order valence-corrected chi connectivity index (χ3v) is 4.11. The summed E-state index contributed by atoms with van der Waals surface area (Å²) in [4.78, 5) is 13.5. The van der Waals surface area contributed by atoms with E-state index in [0.29, 0.717) is 32.6 Å². The number of anilines is 2. The van der Waals surface area contributed by atoms with E-state index in [-0.39, 0.29) is 11.4 Å². The number of amides is 2. The van der Waals surface area contributed by atoms with Gasteiger partial charge in [-0.2, -0.15) is 5.10 Å². The molecule has 6 nitrogen and oxygen atoms in total. The lowest BCUT2D eigenvalue weighted by Crippen LogP contribution is -2.30. The fourth-order valence-electron chi connectivity index (χ4n) is 2.93. The smallest absolute Gasteiger partial charge is 0.319 e. The molecule has 0 aliphatic carbocycles. The summed E-state index contributed by atoms with van der Waals surface area (Å²) in [6.07, 6.45) is 6.09. The summed E-state index contributed by atoms with van der Waals surface area (Å²) in [5.41, 5.74) is 0.0882. The molecule has 3 rings (SSSR count). The van der Waals surface area contributed by atoms with Crippen molar-refractivity contribution in [3.63, 3.8) is 0 Å². The van der Waals surface area contributed by atoms with Crippen molar-refractivity contribution in [2.24, 2.45) is 0 Å². The highest BCUT2D eigenvalue weighted by Crippen LogP contribution is 2.29. The molecule has 1 fully saturated rings. The molecule has 134 valence electrons. The van der Waals surface area contributed by atoms with E-state index in [4.69, 9.17) is 0 Å². The Balaban J connectivity index is 1.50. The Hall–Kier alpha value is -2.64. The largest absolute Gasteiger partial charge is 0.367 e. The highest BCUT2D eigenvalue weighted by molar-refractivity contribution is 5.89. The van der Waals surface area contributed by atoms with Crippen molar-refractivity contribution >= 4 is 17.4 Å². The molecule has 2 N–H and O–H groups in total. The minimum Gasteiger partial charge on any atom is -0.367 e. The average Bonchev–Trinajstić information content (AvgIpc) is 3.24. The van der Waals surface area contributed by atoms with Crippen LogP contribution < -0.4 is 15.5 Å². The number of rotatable bonds is 6. The van der Waals surface area contributed by atoms with Crippen molar-refractivity contribution in [3.8, 4) is 0 Å². The van der Waals surface area contributed by atoms with Gasteiger partial charge in [0.1, 0.15) is 5.69 Å². The second-order valence-corrected chi connectivity index (χ2v) is 5.99. The first-order valence-electron chi connectivity index (χ1n) is 8.40. The van der Waals surface area contributed by atoms with Gasteiger partial charge < -0.3 is 15.5 Å². The Kier molecular flexibility index (Phi) is 5.47. The van der Waals surface area contributed by atoms with Crippen LogP contribution in [0, 0.1) is 11.6 Å². The molecule has 0 spiro atoms. The molecule has 1 aromatic carbocycles. The van der Waals surface area contributed by atoms with Gasteiger partial charge in [0.15, 0.2) is 11.6 Å². The van der Waals surface area contributed by atoms with Gasteiger partial charge >= 0.3 is 6.03 Å². The van der Waals surface area contributed by atoms with Gasteiger partial charge in [0.2, 0.25) is 0 Å². The molecule has 2 heterocycles. The lowest BCUT2D eigenvalue weighted by Gasteiger charge is -2.20. The third-order valence-electron chi connectivity index (χ3n) is 4.11. The Morgan fingerprint density at radius 3 is 2.56 bits per heavy atom. The predicted octanol–water partition coefficient (Wildman–Crippen LogP) is 2.97. The van der Waals surface area contributed by atoms with Crippen LogP contribution in [0.15, 0.2) is 30.6 Å². The molecule has 0 atom stereocenters. The van der Waals surface area contributed by atoms with Gasteiger partial charge in [-0.05, 0) is 37.5 Å². The van der Waals surface area contributed by atoms with E-state index >= 15 is 0 Å². The van der Waals surface area contributed by atoms with Gasteiger partial charge in [-0.25, -0.2) is 13.6 Å². The summed E-state index contributed by atoms with van der Waals surface area (Å²) in [6.45, 7) is 2.41. The van der Waals surface area contributed by atoms with Gasteiger partial charge in [0.05, 0.1) is 0 Å². The number of urea groups is 1. The minimum absolute atomic E-state index is 0.0114. The lowest BCUT2D eigenvalue weighted by atomic mass is 10.2. The van der Waals surface area contributed by atoms with Crippen molar-refractivity contribution in [1.29, 1.82) is 0 Å². The van der Waals surface area contributed by atoms with Crippen molar-refractivity contribution < 1.29 is 13.6 Å². The van der Waals surface area contributed by atoms with Gasteiger partial charge in [0, 0.05) is 44.3 Å². The fraction of sp³-hybridized carbons (Fsp3) is 0.412. The summed E-state index contributed by atoms with van der Waals surface area (Å²) in [6, 6.07) is 3.64. The molecule has 2 aromatic rings. The molecule has 0 bridgehead atoms. The lowest BCUT2D eigenvalue weighted by molar-refractivity contribution is 0.251. The monoisotopic (exact) mass is 349 g/mol. The zero-order chi connectivity index (χ0) is 17.6. The number of hydrogen-bond acceptors (Lipinski definition) is 3. The van der Waals surface area contributed by atoms with E-state index in [1.807, 2.05) is 12.3 Å². The molecule has 1 saturated heterocycles. The van der Waals surface area contributed by atoms with E-state index in [1.165, 1.54) is 0 Å². The van der Waals surface area contributed by atoms with Crippen LogP contribution in [0.1, 0.15) is 19.3 Å². The molecular weight excluding hydrogens is 328 g/mol. The van der Waals surface area contributed by atoms with Crippen molar-refractivity contribution in [2.75, 3.05) is 29.9 Å². The molecular formula is C17H21F2N5O. The summed E-state index contributed by atoms with van der Waals surface area (Å²) in [5.74, 6) is -1.31. The van der Waals surface area contributed by atoms with E-state index in [2.05, 4.69) is 15.7 Å². The summed E-state index contributed by atoms with van der Waals surface area (Å²) >= 11 is 0. The van der Waals surface area contributed by atoms with Crippen LogP contribution in [0.4, 0.5) is 25.0 Å². The minimum atomic E-state index is -0.657. The van der Waals surface area contributed by atoms with Crippen LogP contribution in [-0.2, 0) is 6.54 Å². The Bertz CT molecular complexity index is 691. The van der Waals surface area contributed by atoms with Crippen LogP contribution in [0.3, 0.4) is 0 Å². The number of hydrogen-bond donors (Lipinski definition) is 2. The van der Waals surface area contributed by atoms with Crippen LogP contribution in [-0.4, -0.2) is 35.4 Å². The zero-order valence-electron chi connectivity index (χ0n) is 13.8. The van der Waals surface area contributed by atoms with Gasteiger partial charge in [0.25, 0.3) is 0 Å². The quantitative estimate of drug-likeness (QED) is 0.788. The topological polar surface area (TPSA) is 62.2 Å². The van der Waals surface area contributed by atoms with Crippen LogP contribution in [0.2, 0.25) is 0 Å². The highest BCUT2D eigenvalue weighted by atomic mass is 19.1. The molecule has 25 heavy (non-hydrogen) atoms. The van der Waals surface area contributed by atoms with Gasteiger partial charge in [-0.1, -0.05) is 0 Å². The van der Waals surface area contributed by atoms with E-state index in [0.717, 1.165) is 25.0 Å². The van der Waals surface area contributed by atoms with Gasteiger partial charge in [-0.15, -0.1) is 0 Å². The number of carbonyl (C=O) groups is 1. The van der Waals surface area contributed by atoms with Crippen LogP contribution in [0.5, 0.6) is 0 Å². The maximum atomic E-state index is 14.2. The number of benzene rings is 1. The second kappa shape index (κ2) is 7.96. The normalized spacial score (nSPS) is 13.9. The van der Waals surface area contributed by atoms with E-state index in [1.54, 1.807) is 15.8 Å². The molecule has 8 heteroatoms. The molecule has 0 radical (unpaired) electrons. The number of nitrogens with zero attached hydrogens (tertiary/aromatic N) is 3. The zero-order valence-corrected chi connectivity index (χ0v) is 13.8. The second-order valence-electron chi connectivity index (χ2n) is 5.99. The number of aromatic nitrogens is 2. The fourth-order valence-corrected chi connectivity index (χ4v) is 2.93. The summed E-state index contributed by atoms with van der Waals surface area (Å²) in [5, 5.41) is 9.18. The maximum Gasteiger partial charge on any atom is 0.319 e. The molecule has 1 aromatic heterocycles. The first-order chi connectivity index (χ1) is 12.1. The highest BCUT2D eigenvalue weighted by Gasteiger charge is 2.21. The predicted molar refractivity (Wildman–Crippen MR) is 91.7 cm³/mol. The van der Waals surface area contributed by atoms with Crippen LogP contribution >= 0.6 is 0 Å². The Morgan fingerprint density at radius 1 is 1.20 bits per heavy atom. The third kappa shape index (κ3) is 4.46. The summed E-state index contributed by atoms with van der Waals surface area (Å²) < 4.78 is 30.2. The molecule has 2 amide bonds. The molecule has 0 unspecified atom stereocenters. The Morgan fingerprint density at radius 2 is 1.92 bits per heavy atom. The number of halogens is 2. The number of carbonyl (C=O) groups excluding carboxylic acids is 1. The maximum absolute atomic E-state index is 14.2. The molecule has 0 saturated carbocycles. The van der Waals surface area contributed by atoms with E-state index in [9.17, 15) is 13.6 Å². The first-order valence-corrected chi connectivity index (χ1v) is 8.40. The first kappa shape index (κ1) is 17.2. The van der Waals surface area contributed by atoms with Crippen LogP contribution in [0.25, 0.3) is 0 Å². The van der Waals surface area contributed by atoms with Crippen molar-refractivity contribution in [2.45, 2.75) is 25.8 Å². The number of aryl methyl sites for hydroxylation is 1. The Labute approximate surface area is 144 Å². The van der Waals surface area contributed by atoms with Gasteiger partial charge in [-0.3, -0.25) is 4.68 Å². The SMILES string of the molecule is O=C(NCCCn1cccn1)Nc1cc(F)c(N2CCCC2)c(F)c1. The van der Waals surface area contributed by atoms with Crippen molar-refractivity contribution in [1.82, 2.24) is 15.1 Å². The standard InChI is InChI=1S/C17H21F2N5O/c18-14-11-13(12-15(19)16(14)23-7-1-2-8-23)22-17(25)20-5-3-9-24-10-4-6-21-24/h4,6,10-12H,1-3,5,7-9H2,(H2,20,22,25). The van der Waals surface area contributed by atoms with Crippen molar-refractivity contribution in [3.05, 3.63) is 42.2 Å². The van der Waals surface area contributed by atoms with E-state index < -0.39 is 17.7 Å². The molecule has 1 aliphatic heterocycles. The molecule has 1 aliphatic rings. The average molecular weight is 349 g/mol.